The van der Waals surface area contributed by atoms with Gasteiger partial charge in [0.25, 0.3) is 0 Å². The molecule has 0 aliphatic carbocycles. The van der Waals surface area contributed by atoms with Gasteiger partial charge in [-0.15, -0.1) is 0 Å². The highest BCUT2D eigenvalue weighted by atomic mass is 32.9. The largest absolute Gasteiger partial charge is 0.335 e. The van der Waals surface area contributed by atoms with Crippen LogP contribution >= 0.6 is 29.3 Å². The Morgan fingerprint density at radius 3 is 2.60 bits per heavy atom. The molecule has 0 radical (unpaired) electrons. The molecular weight excluding hydrogens is 275 g/mol. The SMILES string of the molecule is COP(=S)(OC)SCc1n[nH]c(=S)n1N. The summed E-state index contributed by atoms with van der Waals surface area (Å²) in [4.78, 5) is 0. The fraction of sp³-hybridized carbons (Fsp3) is 0.600. The summed E-state index contributed by atoms with van der Waals surface area (Å²) >= 11 is 11.4. The molecule has 0 unspecified atom stereocenters. The Bertz CT molecular complexity index is 422. The maximum atomic E-state index is 5.62. The zero-order chi connectivity index (χ0) is 11.5. The van der Waals surface area contributed by atoms with Crippen LogP contribution in [-0.4, -0.2) is 29.1 Å². The van der Waals surface area contributed by atoms with Crippen LogP contribution in [0.4, 0.5) is 0 Å². The summed E-state index contributed by atoms with van der Waals surface area (Å²) in [5, 5.41) is 6.53. The van der Waals surface area contributed by atoms with E-state index in [-0.39, 0.29) is 0 Å². The average molecular weight is 286 g/mol. The van der Waals surface area contributed by atoms with Crippen LogP contribution < -0.4 is 5.84 Å². The molecule has 6 nitrogen and oxygen atoms in total. The van der Waals surface area contributed by atoms with Crippen LogP contribution in [0.25, 0.3) is 0 Å². The lowest BCUT2D eigenvalue weighted by Gasteiger charge is -2.15. The van der Waals surface area contributed by atoms with E-state index in [9.17, 15) is 0 Å². The minimum absolute atomic E-state index is 0.369. The summed E-state index contributed by atoms with van der Waals surface area (Å²) in [5.41, 5.74) is -2.26. The summed E-state index contributed by atoms with van der Waals surface area (Å²) < 4.78 is 11.9. The van der Waals surface area contributed by atoms with Crippen molar-refractivity contribution in [3.8, 4) is 0 Å². The second-order valence-corrected chi connectivity index (χ2v) is 9.31. The van der Waals surface area contributed by atoms with Crippen LogP contribution in [0, 0.1) is 4.77 Å². The number of aromatic nitrogens is 3. The first kappa shape index (κ1) is 13.1. The molecule has 0 saturated carbocycles. The Morgan fingerprint density at radius 1 is 1.60 bits per heavy atom. The van der Waals surface area contributed by atoms with Gasteiger partial charge in [0.1, 0.15) is 0 Å². The van der Waals surface area contributed by atoms with Crippen molar-refractivity contribution >= 4 is 41.1 Å². The Labute approximate surface area is 101 Å². The predicted molar refractivity (Wildman–Crippen MR) is 67.2 cm³/mol. The number of nitrogens with zero attached hydrogens (tertiary/aromatic N) is 2. The highest BCUT2D eigenvalue weighted by Gasteiger charge is 2.17. The molecule has 10 heteroatoms. The van der Waals surface area contributed by atoms with E-state index in [0.717, 1.165) is 0 Å². The molecule has 15 heavy (non-hydrogen) atoms. The molecule has 0 atom stereocenters. The zero-order valence-corrected chi connectivity index (χ0v) is 11.5. The Morgan fingerprint density at radius 2 is 2.20 bits per heavy atom. The van der Waals surface area contributed by atoms with E-state index in [1.165, 1.54) is 30.3 Å². The van der Waals surface area contributed by atoms with E-state index in [4.69, 9.17) is 38.9 Å². The zero-order valence-electron chi connectivity index (χ0n) is 8.17. The molecule has 0 amide bonds. The summed E-state index contributed by atoms with van der Waals surface area (Å²) in [7, 11) is 3.05. The van der Waals surface area contributed by atoms with E-state index >= 15 is 0 Å². The molecule has 0 aliphatic heterocycles. The Hall–Kier alpha value is 0.0800. The van der Waals surface area contributed by atoms with Crippen LogP contribution in [0.1, 0.15) is 5.82 Å². The van der Waals surface area contributed by atoms with Crippen molar-refractivity contribution in [1.82, 2.24) is 14.9 Å². The van der Waals surface area contributed by atoms with Crippen molar-refractivity contribution in [3.05, 3.63) is 10.6 Å². The first-order valence-electron chi connectivity index (χ1n) is 3.80. The molecule has 1 rings (SSSR count). The van der Waals surface area contributed by atoms with E-state index in [1.807, 2.05) is 0 Å². The molecule has 86 valence electrons. The fourth-order valence-corrected chi connectivity index (χ4v) is 3.67. The third-order valence-corrected chi connectivity index (χ3v) is 7.54. The third kappa shape index (κ3) is 3.27. The lowest BCUT2D eigenvalue weighted by atomic mass is 10.7. The van der Waals surface area contributed by atoms with Gasteiger partial charge >= 0.3 is 0 Å². The standard InChI is InChI=1S/C5H11N4O2PS3/c1-10-12(14,11-2)15-3-4-7-8-5(13)9(4)6/h3,6H2,1-2H3,(H,8,13). The lowest BCUT2D eigenvalue weighted by Crippen LogP contribution is -2.11. The van der Waals surface area contributed by atoms with E-state index < -0.39 is 5.69 Å². The van der Waals surface area contributed by atoms with Gasteiger partial charge < -0.3 is 14.9 Å². The molecule has 1 aromatic rings. The van der Waals surface area contributed by atoms with Gasteiger partial charge in [-0.1, -0.05) is 11.4 Å². The van der Waals surface area contributed by atoms with E-state index in [2.05, 4.69) is 10.2 Å². The second kappa shape index (κ2) is 5.42. The van der Waals surface area contributed by atoms with Crippen LogP contribution in [0.3, 0.4) is 0 Å². The van der Waals surface area contributed by atoms with Gasteiger partial charge in [0.15, 0.2) is 5.82 Å². The number of nitrogens with two attached hydrogens (primary N) is 1. The van der Waals surface area contributed by atoms with Crippen molar-refractivity contribution in [1.29, 1.82) is 0 Å². The van der Waals surface area contributed by atoms with E-state index in [0.29, 0.717) is 16.3 Å². The van der Waals surface area contributed by atoms with Gasteiger partial charge in [0.2, 0.25) is 10.5 Å². The summed E-state index contributed by atoms with van der Waals surface area (Å²) in [6.07, 6.45) is 0. The number of hydrogen-bond donors (Lipinski definition) is 2. The molecule has 0 spiro atoms. The molecular formula is C5H11N4O2PS3. The average Bonchev–Trinajstić information content (AvgIpc) is 2.57. The number of nitrogen functional groups attached to an aromatic ring is 1. The van der Waals surface area contributed by atoms with Gasteiger partial charge in [-0.3, -0.25) is 5.10 Å². The van der Waals surface area contributed by atoms with Crippen molar-refractivity contribution in [2.24, 2.45) is 0 Å². The molecule has 0 saturated heterocycles. The number of aromatic amines is 1. The van der Waals surface area contributed by atoms with Gasteiger partial charge in [0, 0.05) is 14.2 Å². The first-order chi connectivity index (χ1) is 7.02. The van der Waals surface area contributed by atoms with Crippen LogP contribution in [0.2, 0.25) is 0 Å². The van der Waals surface area contributed by atoms with Crippen molar-refractivity contribution in [3.63, 3.8) is 0 Å². The topological polar surface area (TPSA) is 78.1 Å². The molecule has 0 aliphatic rings. The maximum absolute atomic E-state index is 5.62. The van der Waals surface area contributed by atoms with Crippen molar-refractivity contribution < 1.29 is 9.05 Å². The predicted octanol–water partition coefficient (Wildman–Crippen LogP) is 1.40. The number of hydrogen-bond acceptors (Lipinski definition) is 7. The number of rotatable bonds is 5. The van der Waals surface area contributed by atoms with Gasteiger partial charge in [0.05, 0.1) is 5.75 Å². The first-order valence-corrected chi connectivity index (χ1v) is 8.43. The van der Waals surface area contributed by atoms with Crippen molar-refractivity contribution in [2.45, 2.75) is 5.75 Å². The highest BCUT2D eigenvalue weighted by molar-refractivity contribution is 8.67. The van der Waals surface area contributed by atoms with E-state index in [1.54, 1.807) is 0 Å². The summed E-state index contributed by atoms with van der Waals surface area (Å²) in [6, 6.07) is 0. The van der Waals surface area contributed by atoms with Crippen LogP contribution in [0.5, 0.6) is 0 Å². The highest BCUT2D eigenvalue weighted by Crippen LogP contribution is 2.60. The van der Waals surface area contributed by atoms with Crippen LogP contribution in [0.15, 0.2) is 0 Å². The lowest BCUT2D eigenvalue weighted by molar-refractivity contribution is 0.354. The van der Waals surface area contributed by atoms with Crippen molar-refractivity contribution in [2.75, 3.05) is 20.1 Å². The summed E-state index contributed by atoms with van der Waals surface area (Å²) in [6.45, 7) is 0. The third-order valence-electron chi connectivity index (χ3n) is 1.58. The maximum Gasteiger partial charge on any atom is 0.247 e. The molecule has 0 aromatic carbocycles. The quantitative estimate of drug-likeness (QED) is 0.481. The minimum atomic E-state index is -2.26. The Kier molecular flexibility index (Phi) is 4.75. The normalized spacial score (nSPS) is 11.9. The number of H-pyrrole nitrogens is 1. The molecule has 1 aromatic heterocycles. The van der Waals surface area contributed by atoms with Gasteiger partial charge in [-0.2, -0.15) is 5.10 Å². The fourth-order valence-electron chi connectivity index (χ4n) is 0.756. The molecule has 0 bridgehead atoms. The monoisotopic (exact) mass is 286 g/mol. The smallest absolute Gasteiger partial charge is 0.247 e. The number of nitrogens with one attached hydrogen (secondary N) is 1. The molecule has 1 heterocycles. The Balaban J connectivity index is 2.69. The van der Waals surface area contributed by atoms with Gasteiger partial charge in [-0.25, -0.2) is 4.68 Å². The summed E-state index contributed by atoms with van der Waals surface area (Å²) in [5.74, 6) is 6.71. The minimum Gasteiger partial charge on any atom is -0.335 e. The molecule has 3 N–H and O–H groups in total. The van der Waals surface area contributed by atoms with Crippen LogP contribution in [-0.2, 0) is 26.6 Å². The second-order valence-electron chi connectivity index (χ2n) is 2.40. The van der Waals surface area contributed by atoms with Gasteiger partial charge in [-0.05, 0) is 24.0 Å². The molecule has 0 fully saturated rings.